The third kappa shape index (κ3) is 4.24. The number of hydrogen-bond donors (Lipinski definition) is 2. The number of rotatable bonds is 5. The van der Waals surface area contributed by atoms with Gasteiger partial charge in [0.05, 0.1) is 18.4 Å². The zero-order chi connectivity index (χ0) is 19.6. The molecule has 0 aliphatic rings. The predicted molar refractivity (Wildman–Crippen MR) is 108 cm³/mol. The van der Waals surface area contributed by atoms with Gasteiger partial charge in [-0.05, 0) is 47.7 Å². The first-order chi connectivity index (χ1) is 12.8. The molecule has 0 fully saturated rings. The summed E-state index contributed by atoms with van der Waals surface area (Å²) < 4.78 is 30.4. The van der Waals surface area contributed by atoms with Crippen LogP contribution in [0.3, 0.4) is 0 Å². The van der Waals surface area contributed by atoms with Crippen LogP contribution in [0.1, 0.15) is 11.1 Å². The van der Waals surface area contributed by atoms with Crippen molar-refractivity contribution in [1.29, 1.82) is 0 Å². The van der Waals surface area contributed by atoms with E-state index in [1.54, 1.807) is 24.3 Å². The Kier molecular flexibility index (Phi) is 5.41. The topological polar surface area (TPSA) is 76.0 Å². The van der Waals surface area contributed by atoms with E-state index in [1.165, 1.54) is 13.4 Å². The maximum Gasteiger partial charge on any atom is 0.309 e. The molecule has 0 aromatic heterocycles. The Morgan fingerprint density at radius 2 is 1.74 bits per heavy atom. The van der Waals surface area contributed by atoms with E-state index in [2.05, 4.69) is 0 Å². The van der Waals surface area contributed by atoms with Crippen molar-refractivity contribution in [3.63, 3.8) is 0 Å². The van der Waals surface area contributed by atoms with E-state index in [-0.39, 0.29) is 12.4 Å². The second kappa shape index (κ2) is 7.60. The summed E-state index contributed by atoms with van der Waals surface area (Å²) in [4.78, 5) is 12.2. The number of carbonyl (C=O) groups is 1. The molecule has 0 aliphatic carbocycles. The molecule has 0 spiro atoms. The molecule has 27 heavy (non-hydrogen) atoms. The summed E-state index contributed by atoms with van der Waals surface area (Å²) in [5.74, 6) is 0.936. The molecule has 0 bridgehead atoms. The fraction of sp³-hybridized carbons (Fsp3) is 0.190. The van der Waals surface area contributed by atoms with Gasteiger partial charge in [0, 0.05) is 11.6 Å². The third-order valence-electron chi connectivity index (χ3n) is 4.41. The van der Waals surface area contributed by atoms with Gasteiger partial charge in [-0.15, -0.1) is 0 Å². The minimum absolute atomic E-state index is 0.166. The van der Waals surface area contributed by atoms with Gasteiger partial charge in [0.25, 0.3) is 0 Å². The Hall–Kier alpha value is -2.54. The number of esters is 1. The van der Waals surface area contributed by atoms with Crippen LogP contribution in [-0.2, 0) is 16.0 Å². The molecule has 0 atom stereocenters. The average Bonchev–Trinajstić information content (AvgIpc) is 2.64. The summed E-state index contributed by atoms with van der Waals surface area (Å²) >= 11 is 0. The Morgan fingerprint density at radius 3 is 2.37 bits per heavy atom. The van der Waals surface area contributed by atoms with Crippen LogP contribution in [0.15, 0.2) is 59.5 Å². The van der Waals surface area contributed by atoms with Crippen LogP contribution in [0.2, 0.25) is 0 Å². The molecule has 0 unspecified atom stereocenters. The normalized spacial score (nSPS) is 12.0. The van der Waals surface area contributed by atoms with Gasteiger partial charge in [0.2, 0.25) is 0 Å². The van der Waals surface area contributed by atoms with Gasteiger partial charge >= 0.3 is 5.97 Å². The van der Waals surface area contributed by atoms with Crippen LogP contribution in [0.4, 0.5) is 0 Å². The number of hydrogen-bond acceptors (Lipinski definition) is 5. The second-order valence-corrected chi connectivity index (χ2v) is 8.51. The van der Waals surface area contributed by atoms with Gasteiger partial charge in [-0.2, -0.15) is 10.6 Å². The van der Waals surface area contributed by atoms with E-state index < -0.39 is 10.6 Å². The Bertz CT molecular complexity index is 974. The van der Waals surface area contributed by atoms with Crippen LogP contribution in [0.25, 0.3) is 10.8 Å². The number of ether oxygens (including phenoxy) is 2. The number of fused-ring (bicyclic) bond motifs is 1. The summed E-state index contributed by atoms with van der Waals surface area (Å²) in [5, 5.41) is 1.91. The largest absolute Gasteiger partial charge is 0.469 e. The predicted octanol–water partition coefficient (Wildman–Crippen LogP) is 5.40. The number of carbonyl (C=O) groups excluding carboxylic acids is 1. The van der Waals surface area contributed by atoms with Crippen LogP contribution < -0.4 is 4.74 Å². The molecule has 3 aromatic rings. The lowest BCUT2D eigenvalue weighted by atomic mass is 9.98. The SMILES string of the molecule is COC(=O)Cc1cc2ccccc2c(Oc2ccc(S(C)(O)O)cc2)c1C. The minimum Gasteiger partial charge on any atom is -0.469 e. The Morgan fingerprint density at radius 1 is 1.07 bits per heavy atom. The molecule has 5 nitrogen and oxygen atoms in total. The summed E-state index contributed by atoms with van der Waals surface area (Å²) in [6.07, 6.45) is 1.55. The molecule has 142 valence electrons. The molecule has 6 heteroatoms. The summed E-state index contributed by atoms with van der Waals surface area (Å²) in [6, 6.07) is 16.5. The van der Waals surface area contributed by atoms with E-state index in [0.29, 0.717) is 16.4 Å². The van der Waals surface area contributed by atoms with Crippen molar-refractivity contribution in [3.8, 4) is 11.5 Å². The lowest BCUT2D eigenvalue weighted by molar-refractivity contribution is -0.139. The van der Waals surface area contributed by atoms with Gasteiger partial charge in [0.1, 0.15) is 11.5 Å². The van der Waals surface area contributed by atoms with Crippen molar-refractivity contribution in [1.82, 2.24) is 0 Å². The molecule has 3 aromatic carbocycles. The fourth-order valence-electron chi connectivity index (χ4n) is 2.90. The van der Waals surface area contributed by atoms with Gasteiger partial charge in [-0.1, -0.05) is 30.3 Å². The highest BCUT2D eigenvalue weighted by Crippen LogP contribution is 2.45. The lowest BCUT2D eigenvalue weighted by Gasteiger charge is -2.26. The average molecular weight is 386 g/mol. The summed E-state index contributed by atoms with van der Waals surface area (Å²) in [5.41, 5.74) is 1.71. The lowest BCUT2D eigenvalue weighted by Crippen LogP contribution is -2.06. The summed E-state index contributed by atoms with van der Waals surface area (Å²) in [7, 11) is -1.39. The maximum absolute atomic E-state index is 11.8. The van der Waals surface area contributed by atoms with Crippen molar-refractivity contribution < 1.29 is 23.4 Å². The molecule has 0 heterocycles. The summed E-state index contributed by atoms with van der Waals surface area (Å²) in [6.45, 7) is 1.91. The molecule has 2 N–H and O–H groups in total. The van der Waals surface area contributed by atoms with Crippen molar-refractivity contribution >= 4 is 27.3 Å². The smallest absolute Gasteiger partial charge is 0.309 e. The van der Waals surface area contributed by atoms with Crippen LogP contribution in [0, 0.1) is 6.92 Å². The zero-order valence-electron chi connectivity index (χ0n) is 15.4. The first-order valence-corrected chi connectivity index (χ1v) is 10.3. The van der Waals surface area contributed by atoms with E-state index in [9.17, 15) is 13.9 Å². The quantitative estimate of drug-likeness (QED) is 0.575. The zero-order valence-corrected chi connectivity index (χ0v) is 16.2. The molecule has 0 aliphatic heterocycles. The molecular formula is C21H22O5S. The van der Waals surface area contributed by atoms with Crippen molar-refractivity contribution in [2.24, 2.45) is 0 Å². The highest BCUT2D eigenvalue weighted by molar-refractivity contribution is 8.23. The standard InChI is InChI=1S/C21H22O5S/c1-14-16(13-20(22)25-2)12-15-6-4-5-7-19(15)21(14)26-17-8-10-18(11-9-17)27(3,23)24/h4-12,23-24H,13H2,1-3H3. The Balaban J connectivity index is 2.04. The number of methoxy groups -OCH3 is 1. The van der Waals surface area contributed by atoms with Crippen molar-refractivity contribution in [3.05, 3.63) is 65.7 Å². The van der Waals surface area contributed by atoms with E-state index >= 15 is 0 Å². The first-order valence-electron chi connectivity index (χ1n) is 8.39. The highest BCUT2D eigenvalue weighted by atomic mass is 32.3. The first kappa shape index (κ1) is 19.2. The van der Waals surface area contributed by atoms with E-state index in [0.717, 1.165) is 21.9 Å². The molecular weight excluding hydrogens is 364 g/mol. The van der Waals surface area contributed by atoms with Crippen LogP contribution in [-0.4, -0.2) is 28.4 Å². The Labute approximate surface area is 159 Å². The van der Waals surface area contributed by atoms with E-state index in [4.69, 9.17) is 9.47 Å². The van der Waals surface area contributed by atoms with Gasteiger partial charge < -0.3 is 9.47 Å². The van der Waals surface area contributed by atoms with Crippen LogP contribution >= 0.6 is 10.6 Å². The van der Waals surface area contributed by atoms with Gasteiger partial charge in [-0.3, -0.25) is 13.9 Å². The molecule has 0 amide bonds. The molecule has 0 radical (unpaired) electrons. The third-order valence-corrected chi connectivity index (χ3v) is 5.58. The van der Waals surface area contributed by atoms with E-state index in [1.807, 2.05) is 37.3 Å². The van der Waals surface area contributed by atoms with Gasteiger partial charge in [0.15, 0.2) is 0 Å². The monoisotopic (exact) mass is 386 g/mol. The highest BCUT2D eigenvalue weighted by Gasteiger charge is 2.15. The van der Waals surface area contributed by atoms with Crippen molar-refractivity contribution in [2.45, 2.75) is 18.2 Å². The maximum atomic E-state index is 11.8. The van der Waals surface area contributed by atoms with Gasteiger partial charge in [-0.25, -0.2) is 0 Å². The molecule has 0 saturated heterocycles. The minimum atomic E-state index is -2.77. The number of benzene rings is 3. The van der Waals surface area contributed by atoms with Crippen molar-refractivity contribution in [2.75, 3.05) is 13.4 Å². The fourth-order valence-corrected chi connectivity index (χ4v) is 3.55. The molecule has 3 rings (SSSR count). The molecule has 0 saturated carbocycles. The van der Waals surface area contributed by atoms with Crippen LogP contribution in [0.5, 0.6) is 11.5 Å². The second-order valence-electron chi connectivity index (χ2n) is 6.37.